The number of benzene rings is 1. The van der Waals surface area contributed by atoms with Gasteiger partial charge in [-0.05, 0) is 12.0 Å². The number of H-pyrrole nitrogens is 1. The zero-order valence-corrected chi connectivity index (χ0v) is 14.0. The highest BCUT2D eigenvalue weighted by Gasteiger charge is 2.19. The summed E-state index contributed by atoms with van der Waals surface area (Å²) in [6, 6.07) is 9.42. The molecule has 0 amide bonds. The Labute approximate surface area is 138 Å². The van der Waals surface area contributed by atoms with Crippen molar-refractivity contribution in [2.24, 2.45) is 0 Å². The van der Waals surface area contributed by atoms with Crippen LogP contribution in [0.3, 0.4) is 0 Å². The van der Waals surface area contributed by atoms with Gasteiger partial charge in [-0.1, -0.05) is 37.3 Å². The van der Waals surface area contributed by atoms with Crippen LogP contribution in [0.2, 0.25) is 0 Å². The molecule has 0 bridgehead atoms. The Bertz CT molecular complexity index is 1040. The second kappa shape index (κ2) is 6.08. The van der Waals surface area contributed by atoms with Crippen molar-refractivity contribution in [3.63, 3.8) is 0 Å². The van der Waals surface area contributed by atoms with E-state index in [0.717, 1.165) is 5.56 Å². The molecule has 1 atom stereocenters. The third-order valence-electron chi connectivity index (χ3n) is 3.60. The number of aromatic amines is 1. The third kappa shape index (κ3) is 2.90. The first-order valence-corrected chi connectivity index (χ1v) is 9.21. The highest BCUT2D eigenvalue weighted by Crippen LogP contribution is 2.18. The van der Waals surface area contributed by atoms with Gasteiger partial charge in [0, 0.05) is 5.75 Å². The van der Waals surface area contributed by atoms with Crippen LogP contribution in [0.1, 0.15) is 18.9 Å². The van der Waals surface area contributed by atoms with Gasteiger partial charge in [0.05, 0.1) is 6.54 Å². The van der Waals surface area contributed by atoms with E-state index in [2.05, 4.69) is 15.0 Å². The van der Waals surface area contributed by atoms with Gasteiger partial charge in [-0.3, -0.25) is 4.57 Å². The van der Waals surface area contributed by atoms with E-state index in [0.29, 0.717) is 18.5 Å². The smallest absolute Gasteiger partial charge is 0.328 e. The molecule has 0 spiro atoms. The first kappa shape index (κ1) is 16.2. The molecule has 0 aliphatic rings. The molecule has 9 heteroatoms. The van der Waals surface area contributed by atoms with E-state index >= 15 is 0 Å². The molecule has 0 saturated carbocycles. The Balaban J connectivity index is 2.18. The third-order valence-corrected chi connectivity index (χ3v) is 5.36. The topological polar surface area (TPSA) is 131 Å². The molecule has 0 aliphatic carbocycles. The van der Waals surface area contributed by atoms with E-state index in [-0.39, 0.29) is 28.1 Å². The Morgan fingerprint density at radius 3 is 2.67 bits per heavy atom. The predicted molar refractivity (Wildman–Crippen MR) is 92.4 cm³/mol. The largest absolute Gasteiger partial charge is 0.382 e. The Hall–Kier alpha value is -2.68. The summed E-state index contributed by atoms with van der Waals surface area (Å²) >= 11 is 0. The van der Waals surface area contributed by atoms with E-state index in [1.54, 1.807) is 0 Å². The first-order chi connectivity index (χ1) is 11.4. The maximum atomic E-state index is 12.4. The number of hydrogen-bond donors (Lipinski definition) is 3. The van der Waals surface area contributed by atoms with Crippen LogP contribution < -0.4 is 11.4 Å². The molecule has 24 heavy (non-hydrogen) atoms. The molecule has 1 aromatic carbocycles. The fraction of sp³-hybridized carbons (Fsp3) is 0.267. The van der Waals surface area contributed by atoms with Crippen LogP contribution in [0.25, 0.3) is 11.2 Å². The quantitative estimate of drug-likeness (QED) is 0.604. The highest BCUT2D eigenvalue weighted by atomic mass is 32.2. The maximum absolute atomic E-state index is 12.4. The number of rotatable bonds is 5. The van der Waals surface area contributed by atoms with Gasteiger partial charge in [0.25, 0.3) is 0 Å². The van der Waals surface area contributed by atoms with Crippen molar-refractivity contribution in [1.29, 1.82) is 4.78 Å². The average Bonchev–Trinajstić information content (AvgIpc) is 2.85. The predicted octanol–water partition coefficient (Wildman–Crippen LogP) is 1.57. The van der Waals surface area contributed by atoms with Gasteiger partial charge in [0.15, 0.2) is 11.5 Å². The van der Waals surface area contributed by atoms with Gasteiger partial charge >= 0.3 is 5.69 Å². The molecule has 8 nitrogen and oxygen atoms in total. The Morgan fingerprint density at radius 1 is 1.29 bits per heavy atom. The summed E-state index contributed by atoms with van der Waals surface area (Å²) in [4.78, 5) is 23.1. The standard InChI is InChI=1S/C15H18N6O2S/c1-2-8-24(17,23)14-19-12(16)11-13(20-14)21(15(22)18-11)9-10-6-4-3-5-7-10/h3-7,17H,2,8-9H2,1H3,(H,18,22)(H2,16,19,20)/t24-/m0/s1. The zero-order chi connectivity index (χ0) is 17.3. The average molecular weight is 346 g/mol. The minimum absolute atomic E-state index is 0.0231. The minimum Gasteiger partial charge on any atom is -0.382 e. The van der Waals surface area contributed by atoms with Crippen molar-refractivity contribution in [2.75, 3.05) is 11.5 Å². The van der Waals surface area contributed by atoms with Gasteiger partial charge in [-0.15, -0.1) is 0 Å². The number of fused-ring (bicyclic) bond motifs is 1. The fourth-order valence-electron chi connectivity index (χ4n) is 2.47. The van der Waals surface area contributed by atoms with Crippen LogP contribution >= 0.6 is 0 Å². The van der Waals surface area contributed by atoms with Crippen molar-refractivity contribution in [1.82, 2.24) is 19.5 Å². The van der Waals surface area contributed by atoms with E-state index in [1.807, 2.05) is 37.3 Å². The SMILES string of the molecule is CCC[S@](=N)(=O)c1nc(N)c2[nH]c(=O)n(Cc3ccccc3)c2n1. The molecule has 126 valence electrons. The molecule has 4 N–H and O–H groups in total. The first-order valence-electron chi connectivity index (χ1n) is 7.49. The second-order valence-corrected chi connectivity index (χ2v) is 7.60. The molecule has 3 rings (SSSR count). The summed E-state index contributed by atoms with van der Waals surface area (Å²) < 4.78 is 21.8. The Morgan fingerprint density at radius 2 is 2.00 bits per heavy atom. The zero-order valence-electron chi connectivity index (χ0n) is 13.2. The molecule has 3 aromatic rings. The van der Waals surface area contributed by atoms with Gasteiger partial charge in [-0.25, -0.2) is 18.8 Å². The molecule has 0 saturated heterocycles. The molecule has 0 aliphatic heterocycles. The van der Waals surface area contributed by atoms with Gasteiger partial charge in [0.2, 0.25) is 5.16 Å². The van der Waals surface area contributed by atoms with Crippen LogP contribution in [0.4, 0.5) is 5.82 Å². The minimum atomic E-state index is -3.14. The number of imidazole rings is 1. The van der Waals surface area contributed by atoms with Gasteiger partial charge in [-0.2, -0.15) is 4.98 Å². The van der Waals surface area contributed by atoms with E-state index < -0.39 is 9.73 Å². The van der Waals surface area contributed by atoms with Gasteiger partial charge in [0.1, 0.15) is 15.2 Å². The number of nitrogen functional groups attached to an aromatic ring is 1. The van der Waals surface area contributed by atoms with Crippen molar-refractivity contribution in [2.45, 2.75) is 25.0 Å². The maximum Gasteiger partial charge on any atom is 0.328 e. The summed E-state index contributed by atoms with van der Waals surface area (Å²) in [6.07, 6.45) is 0.563. The highest BCUT2D eigenvalue weighted by molar-refractivity contribution is 7.92. The lowest BCUT2D eigenvalue weighted by atomic mass is 10.2. The lowest BCUT2D eigenvalue weighted by Crippen LogP contribution is -2.18. The number of nitrogens with two attached hydrogens (primary N) is 1. The summed E-state index contributed by atoms with van der Waals surface area (Å²) in [5.41, 5.74) is 6.99. The summed E-state index contributed by atoms with van der Waals surface area (Å²) in [6.45, 7) is 2.13. The molecule has 2 aromatic heterocycles. The van der Waals surface area contributed by atoms with E-state index in [4.69, 9.17) is 10.5 Å². The number of nitrogens with one attached hydrogen (secondary N) is 2. The van der Waals surface area contributed by atoms with Crippen LogP contribution in [0.15, 0.2) is 40.3 Å². The number of anilines is 1. The molecular formula is C15H18N6O2S. The van der Waals surface area contributed by atoms with Crippen LogP contribution in [0.5, 0.6) is 0 Å². The molecule has 2 heterocycles. The number of nitrogens with zero attached hydrogens (tertiary/aromatic N) is 3. The van der Waals surface area contributed by atoms with Crippen molar-refractivity contribution >= 4 is 26.7 Å². The van der Waals surface area contributed by atoms with Crippen molar-refractivity contribution in [3.8, 4) is 0 Å². The van der Waals surface area contributed by atoms with E-state index in [9.17, 15) is 9.00 Å². The summed E-state index contributed by atoms with van der Waals surface area (Å²) in [7, 11) is -3.14. The molecule has 0 radical (unpaired) electrons. The normalized spacial score (nSPS) is 13.9. The van der Waals surface area contributed by atoms with Crippen LogP contribution in [0, 0.1) is 4.78 Å². The van der Waals surface area contributed by atoms with Crippen LogP contribution in [-0.4, -0.2) is 29.5 Å². The lowest BCUT2D eigenvalue weighted by molar-refractivity contribution is 0.665. The molecule has 0 unspecified atom stereocenters. The monoisotopic (exact) mass is 346 g/mol. The van der Waals surface area contributed by atoms with Crippen molar-refractivity contribution in [3.05, 3.63) is 46.4 Å². The summed E-state index contributed by atoms with van der Waals surface area (Å²) in [5, 5.41) is -0.129. The fourth-order valence-corrected chi connectivity index (χ4v) is 3.71. The second-order valence-electron chi connectivity index (χ2n) is 5.47. The molecule has 0 fully saturated rings. The summed E-state index contributed by atoms with van der Waals surface area (Å²) in [5.74, 6) is 0.167. The van der Waals surface area contributed by atoms with E-state index in [1.165, 1.54) is 4.57 Å². The Kier molecular flexibility index (Phi) is 4.10. The number of hydrogen-bond acceptors (Lipinski definition) is 6. The van der Waals surface area contributed by atoms with Crippen LogP contribution in [-0.2, 0) is 16.3 Å². The van der Waals surface area contributed by atoms with Crippen molar-refractivity contribution < 1.29 is 4.21 Å². The van der Waals surface area contributed by atoms with Gasteiger partial charge < -0.3 is 10.7 Å². The lowest BCUT2D eigenvalue weighted by Gasteiger charge is -2.07. The number of aromatic nitrogens is 4. The molecular weight excluding hydrogens is 328 g/mol.